The lowest BCUT2D eigenvalue weighted by atomic mass is 10.2. The molecule has 0 aliphatic carbocycles. The number of aryl methyl sites for hydroxylation is 1. The molecule has 0 bridgehead atoms. The minimum Gasteiger partial charge on any atom is -0.354 e. The number of anilines is 1. The van der Waals surface area contributed by atoms with Crippen molar-refractivity contribution in [1.29, 1.82) is 0 Å². The molecule has 1 N–H and O–H groups in total. The Morgan fingerprint density at radius 1 is 1.33 bits per heavy atom. The van der Waals surface area contributed by atoms with Crippen molar-refractivity contribution in [1.82, 2.24) is 15.3 Å². The van der Waals surface area contributed by atoms with E-state index in [9.17, 15) is 4.39 Å². The summed E-state index contributed by atoms with van der Waals surface area (Å²) in [5, 5.41) is 3.21. The molecule has 112 valence electrons. The number of pyridine rings is 2. The molecule has 21 heavy (non-hydrogen) atoms. The fourth-order valence-corrected chi connectivity index (χ4v) is 2.21. The van der Waals surface area contributed by atoms with E-state index in [1.807, 2.05) is 44.0 Å². The number of rotatable bonds is 6. The van der Waals surface area contributed by atoms with Crippen molar-refractivity contribution in [3.05, 3.63) is 53.2 Å². The van der Waals surface area contributed by atoms with E-state index >= 15 is 0 Å². The van der Waals surface area contributed by atoms with E-state index in [1.54, 1.807) is 0 Å². The molecule has 0 atom stereocenters. The van der Waals surface area contributed by atoms with Crippen LogP contribution >= 0.6 is 0 Å². The lowest BCUT2D eigenvalue weighted by Crippen LogP contribution is -2.22. The highest BCUT2D eigenvalue weighted by Crippen LogP contribution is 2.19. The van der Waals surface area contributed by atoms with Crippen LogP contribution in [0.1, 0.15) is 23.9 Å². The second-order valence-electron chi connectivity index (χ2n) is 5.04. The lowest BCUT2D eigenvalue weighted by Gasteiger charge is -2.21. The molecular formula is C16H21FN4. The minimum atomic E-state index is -0.311. The molecule has 2 aromatic rings. The van der Waals surface area contributed by atoms with E-state index < -0.39 is 0 Å². The van der Waals surface area contributed by atoms with Crippen molar-refractivity contribution in [2.75, 3.05) is 18.5 Å². The summed E-state index contributed by atoms with van der Waals surface area (Å²) in [5.74, 6) is 0.467. The predicted molar refractivity (Wildman–Crippen MR) is 82.7 cm³/mol. The third kappa shape index (κ3) is 4.23. The van der Waals surface area contributed by atoms with Gasteiger partial charge in [0.05, 0.1) is 18.4 Å². The molecular weight excluding hydrogens is 267 g/mol. The average molecular weight is 288 g/mol. The van der Waals surface area contributed by atoms with Crippen molar-refractivity contribution in [2.45, 2.75) is 26.9 Å². The summed E-state index contributed by atoms with van der Waals surface area (Å²) in [6.07, 6.45) is 1.25. The van der Waals surface area contributed by atoms with Crippen molar-refractivity contribution >= 4 is 5.82 Å². The first-order chi connectivity index (χ1) is 10.1. The lowest BCUT2D eigenvalue weighted by molar-refractivity contribution is 0.613. The van der Waals surface area contributed by atoms with E-state index in [2.05, 4.69) is 15.3 Å². The molecule has 0 aromatic carbocycles. The third-order valence-corrected chi connectivity index (χ3v) is 3.18. The van der Waals surface area contributed by atoms with E-state index in [-0.39, 0.29) is 5.82 Å². The summed E-state index contributed by atoms with van der Waals surface area (Å²) in [7, 11) is 1.94. The van der Waals surface area contributed by atoms with Crippen LogP contribution in [0, 0.1) is 12.7 Å². The smallest absolute Gasteiger partial charge is 0.141 e. The third-order valence-electron chi connectivity index (χ3n) is 3.18. The number of nitrogens with one attached hydrogen (secondary N) is 1. The van der Waals surface area contributed by atoms with Gasteiger partial charge in [-0.2, -0.15) is 0 Å². The molecule has 0 amide bonds. The van der Waals surface area contributed by atoms with Gasteiger partial charge < -0.3 is 10.2 Å². The van der Waals surface area contributed by atoms with Crippen LogP contribution in [0.2, 0.25) is 0 Å². The van der Waals surface area contributed by atoms with E-state index in [0.717, 1.165) is 29.3 Å². The van der Waals surface area contributed by atoms with Gasteiger partial charge >= 0.3 is 0 Å². The Labute approximate surface area is 125 Å². The number of hydrogen-bond donors (Lipinski definition) is 1. The summed E-state index contributed by atoms with van der Waals surface area (Å²) >= 11 is 0. The van der Waals surface area contributed by atoms with Gasteiger partial charge in [0, 0.05) is 24.8 Å². The van der Waals surface area contributed by atoms with Crippen LogP contribution in [-0.2, 0) is 13.1 Å². The zero-order valence-electron chi connectivity index (χ0n) is 12.7. The molecule has 0 saturated carbocycles. The van der Waals surface area contributed by atoms with Crippen LogP contribution in [-0.4, -0.2) is 23.6 Å². The van der Waals surface area contributed by atoms with Crippen molar-refractivity contribution in [3.8, 4) is 0 Å². The Morgan fingerprint density at radius 2 is 2.14 bits per heavy atom. The molecule has 2 rings (SSSR count). The minimum absolute atomic E-state index is 0.311. The first-order valence-electron chi connectivity index (χ1n) is 7.09. The van der Waals surface area contributed by atoms with Gasteiger partial charge in [-0.05, 0) is 31.7 Å². The SMILES string of the molecule is CCNCc1cc(F)cnc1N(C)Cc1cccc(C)n1. The van der Waals surface area contributed by atoms with Gasteiger partial charge in [-0.3, -0.25) is 4.98 Å². The van der Waals surface area contributed by atoms with Crippen LogP contribution in [0.5, 0.6) is 0 Å². The molecule has 0 spiro atoms. The molecule has 0 saturated heterocycles. The Morgan fingerprint density at radius 3 is 2.86 bits per heavy atom. The normalized spacial score (nSPS) is 10.7. The molecule has 0 radical (unpaired) electrons. The van der Waals surface area contributed by atoms with Gasteiger partial charge in [0.2, 0.25) is 0 Å². The highest BCUT2D eigenvalue weighted by atomic mass is 19.1. The Hall–Kier alpha value is -2.01. The maximum Gasteiger partial charge on any atom is 0.141 e. The fraction of sp³-hybridized carbons (Fsp3) is 0.375. The van der Waals surface area contributed by atoms with Gasteiger partial charge in [0.25, 0.3) is 0 Å². The van der Waals surface area contributed by atoms with Gasteiger partial charge in [-0.1, -0.05) is 13.0 Å². The van der Waals surface area contributed by atoms with Crippen molar-refractivity contribution < 1.29 is 4.39 Å². The molecule has 2 aromatic heterocycles. The summed E-state index contributed by atoms with van der Waals surface area (Å²) in [5.41, 5.74) is 2.81. The molecule has 2 heterocycles. The first kappa shape index (κ1) is 15.4. The largest absolute Gasteiger partial charge is 0.354 e. The van der Waals surface area contributed by atoms with Crippen LogP contribution < -0.4 is 10.2 Å². The average Bonchev–Trinajstić information content (AvgIpc) is 2.45. The number of hydrogen-bond acceptors (Lipinski definition) is 4. The Kier molecular flexibility index (Phi) is 5.22. The van der Waals surface area contributed by atoms with Gasteiger partial charge in [0.15, 0.2) is 0 Å². The number of halogens is 1. The molecule has 0 aliphatic heterocycles. The predicted octanol–water partition coefficient (Wildman–Crippen LogP) is 2.67. The van der Waals surface area contributed by atoms with E-state index in [1.165, 1.54) is 12.3 Å². The first-order valence-corrected chi connectivity index (χ1v) is 7.09. The molecule has 0 fully saturated rings. The quantitative estimate of drug-likeness (QED) is 0.887. The van der Waals surface area contributed by atoms with Gasteiger partial charge in [0.1, 0.15) is 11.6 Å². The van der Waals surface area contributed by atoms with Gasteiger partial charge in [-0.25, -0.2) is 9.37 Å². The van der Waals surface area contributed by atoms with E-state index in [0.29, 0.717) is 13.1 Å². The second-order valence-corrected chi connectivity index (χ2v) is 5.04. The van der Waals surface area contributed by atoms with Crippen molar-refractivity contribution in [2.24, 2.45) is 0 Å². The monoisotopic (exact) mass is 288 g/mol. The number of aromatic nitrogens is 2. The van der Waals surface area contributed by atoms with Gasteiger partial charge in [-0.15, -0.1) is 0 Å². The summed E-state index contributed by atoms with van der Waals surface area (Å²) < 4.78 is 13.4. The Balaban J connectivity index is 2.19. The Bertz CT molecular complexity index is 601. The standard InChI is InChI=1S/C16H21FN4/c1-4-18-9-13-8-14(17)10-19-16(13)21(3)11-15-7-5-6-12(2)20-15/h5-8,10,18H,4,9,11H2,1-3H3. The number of nitrogens with zero attached hydrogens (tertiary/aromatic N) is 3. The highest BCUT2D eigenvalue weighted by Gasteiger charge is 2.11. The topological polar surface area (TPSA) is 41.1 Å². The molecule has 4 nitrogen and oxygen atoms in total. The molecule has 5 heteroatoms. The van der Waals surface area contributed by atoms with Crippen LogP contribution in [0.4, 0.5) is 10.2 Å². The van der Waals surface area contributed by atoms with E-state index in [4.69, 9.17) is 0 Å². The zero-order chi connectivity index (χ0) is 15.2. The maximum absolute atomic E-state index is 13.4. The van der Waals surface area contributed by atoms with Crippen molar-refractivity contribution in [3.63, 3.8) is 0 Å². The highest BCUT2D eigenvalue weighted by molar-refractivity contribution is 5.46. The summed E-state index contributed by atoms with van der Waals surface area (Å²) in [6.45, 7) is 6.06. The summed E-state index contributed by atoms with van der Waals surface area (Å²) in [6, 6.07) is 7.47. The maximum atomic E-state index is 13.4. The van der Waals surface area contributed by atoms with Crippen LogP contribution in [0.15, 0.2) is 30.5 Å². The zero-order valence-corrected chi connectivity index (χ0v) is 12.7. The van der Waals surface area contributed by atoms with Crippen LogP contribution in [0.3, 0.4) is 0 Å². The molecule has 0 unspecified atom stereocenters. The second kappa shape index (κ2) is 7.13. The van der Waals surface area contributed by atoms with Crippen LogP contribution in [0.25, 0.3) is 0 Å². The summed E-state index contributed by atoms with van der Waals surface area (Å²) in [4.78, 5) is 10.7. The fourth-order valence-electron chi connectivity index (χ4n) is 2.21. The molecule has 0 aliphatic rings.